The van der Waals surface area contributed by atoms with Crippen molar-refractivity contribution >= 4 is 11.9 Å². The number of carbonyl (C=O) groups is 1. The number of nitrogens with zero attached hydrogens (tertiary/aromatic N) is 5. The van der Waals surface area contributed by atoms with Crippen molar-refractivity contribution in [1.82, 2.24) is 30.3 Å². The smallest absolute Gasteiger partial charge is 0.222 e. The van der Waals surface area contributed by atoms with Gasteiger partial charge in [0.1, 0.15) is 12.2 Å². The first-order chi connectivity index (χ1) is 12.7. The van der Waals surface area contributed by atoms with Crippen LogP contribution in [0.15, 0.2) is 11.3 Å². The van der Waals surface area contributed by atoms with Crippen molar-refractivity contribution in [3.05, 3.63) is 12.2 Å². The van der Waals surface area contributed by atoms with Gasteiger partial charge in [-0.1, -0.05) is 13.3 Å². The van der Waals surface area contributed by atoms with Gasteiger partial charge in [-0.05, 0) is 26.2 Å². The van der Waals surface area contributed by atoms with Crippen LogP contribution in [0.4, 0.5) is 0 Å². The highest BCUT2D eigenvalue weighted by Crippen LogP contribution is 2.11. The standard InChI is InChI=1S/C18H33N7O/c1-3-16-23-22-15-25(16)14-11-21-18(19-4-2)20-10-8-13-24-12-7-5-6-9-17(24)26/h15H,3-14H2,1-2H3,(H2,19,20,21). The molecule has 26 heavy (non-hydrogen) atoms. The monoisotopic (exact) mass is 363 g/mol. The molecule has 8 heteroatoms. The lowest BCUT2D eigenvalue weighted by molar-refractivity contribution is -0.130. The van der Waals surface area contributed by atoms with Gasteiger partial charge >= 0.3 is 0 Å². The Morgan fingerprint density at radius 2 is 2.12 bits per heavy atom. The number of likely N-dealkylation sites (tertiary alicyclic amines) is 1. The van der Waals surface area contributed by atoms with Crippen molar-refractivity contribution in [1.29, 1.82) is 0 Å². The molecule has 1 aliphatic rings. The number of hydrogen-bond donors (Lipinski definition) is 2. The Morgan fingerprint density at radius 3 is 2.92 bits per heavy atom. The van der Waals surface area contributed by atoms with E-state index in [1.165, 1.54) is 6.42 Å². The molecule has 0 aliphatic carbocycles. The first-order valence-electron chi connectivity index (χ1n) is 9.91. The molecule has 2 rings (SSSR count). The summed E-state index contributed by atoms with van der Waals surface area (Å²) in [5, 5.41) is 14.7. The molecular weight excluding hydrogens is 330 g/mol. The van der Waals surface area contributed by atoms with Crippen molar-refractivity contribution in [2.24, 2.45) is 4.99 Å². The summed E-state index contributed by atoms with van der Waals surface area (Å²) in [7, 11) is 0. The molecule has 2 heterocycles. The lowest BCUT2D eigenvalue weighted by Gasteiger charge is -2.20. The van der Waals surface area contributed by atoms with Gasteiger partial charge in [-0.15, -0.1) is 10.2 Å². The Morgan fingerprint density at radius 1 is 1.23 bits per heavy atom. The van der Waals surface area contributed by atoms with Crippen LogP contribution in [-0.4, -0.2) is 64.3 Å². The number of amides is 1. The van der Waals surface area contributed by atoms with E-state index < -0.39 is 0 Å². The van der Waals surface area contributed by atoms with Gasteiger partial charge in [0.2, 0.25) is 5.91 Å². The Hall–Kier alpha value is -2.12. The molecule has 1 aliphatic heterocycles. The average molecular weight is 364 g/mol. The summed E-state index contributed by atoms with van der Waals surface area (Å²) in [6.45, 7) is 8.96. The highest BCUT2D eigenvalue weighted by atomic mass is 16.2. The van der Waals surface area contributed by atoms with E-state index in [1.54, 1.807) is 6.33 Å². The third-order valence-electron chi connectivity index (χ3n) is 4.53. The number of aliphatic imine (C=N–C) groups is 1. The molecule has 1 aromatic rings. The van der Waals surface area contributed by atoms with Gasteiger partial charge in [0.05, 0.1) is 0 Å². The van der Waals surface area contributed by atoms with Gasteiger partial charge in [0, 0.05) is 52.1 Å². The van der Waals surface area contributed by atoms with E-state index in [9.17, 15) is 4.79 Å². The van der Waals surface area contributed by atoms with E-state index in [0.717, 1.165) is 70.2 Å². The van der Waals surface area contributed by atoms with Crippen LogP contribution in [0.25, 0.3) is 0 Å². The molecule has 1 fully saturated rings. The van der Waals surface area contributed by atoms with Crippen LogP contribution in [0, 0.1) is 0 Å². The second kappa shape index (κ2) is 11.5. The van der Waals surface area contributed by atoms with E-state index in [1.807, 2.05) is 4.90 Å². The fraction of sp³-hybridized carbons (Fsp3) is 0.778. The van der Waals surface area contributed by atoms with Gasteiger partial charge in [-0.25, -0.2) is 0 Å². The van der Waals surface area contributed by atoms with E-state index in [2.05, 4.69) is 44.2 Å². The van der Waals surface area contributed by atoms with E-state index in [0.29, 0.717) is 18.9 Å². The topological polar surface area (TPSA) is 87.4 Å². The Kier molecular flexibility index (Phi) is 8.92. The first kappa shape index (κ1) is 20.2. The van der Waals surface area contributed by atoms with Crippen LogP contribution >= 0.6 is 0 Å². The highest BCUT2D eigenvalue weighted by molar-refractivity contribution is 5.79. The molecular formula is C18H33N7O. The predicted octanol–water partition coefficient (Wildman–Crippen LogP) is 1.19. The lowest BCUT2D eigenvalue weighted by atomic mass is 10.2. The predicted molar refractivity (Wildman–Crippen MR) is 103 cm³/mol. The zero-order chi connectivity index (χ0) is 18.6. The number of guanidine groups is 1. The van der Waals surface area contributed by atoms with Crippen LogP contribution < -0.4 is 10.6 Å². The van der Waals surface area contributed by atoms with Crippen molar-refractivity contribution in [2.45, 2.75) is 58.9 Å². The Labute approximate surface area is 156 Å². The molecule has 0 spiro atoms. The summed E-state index contributed by atoms with van der Waals surface area (Å²) in [5.74, 6) is 2.12. The van der Waals surface area contributed by atoms with E-state index in [4.69, 9.17) is 0 Å². The average Bonchev–Trinajstić information content (AvgIpc) is 3.00. The van der Waals surface area contributed by atoms with Crippen LogP contribution in [0.2, 0.25) is 0 Å². The van der Waals surface area contributed by atoms with Gasteiger partial charge in [-0.2, -0.15) is 0 Å². The first-order valence-corrected chi connectivity index (χ1v) is 9.91. The Bertz CT molecular complexity index is 570. The third kappa shape index (κ3) is 6.65. The molecule has 0 bridgehead atoms. The molecule has 0 radical (unpaired) electrons. The largest absolute Gasteiger partial charge is 0.357 e. The summed E-state index contributed by atoms with van der Waals surface area (Å²) >= 11 is 0. The van der Waals surface area contributed by atoms with Crippen LogP contribution in [0.1, 0.15) is 51.8 Å². The minimum atomic E-state index is 0.303. The van der Waals surface area contributed by atoms with Crippen molar-refractivity contribution in [3.8, 4) is 0 Å². The summed E-state index contributed by atoms with van der Waals surface area (Å²) in [5.41, 5.74) is 0. The molecule has 1 aromatic heterocycles. The zero-order valence-corrected chi connectivity index (χ0v) is 16.2. The van der Waals surface area contributed by atoms with Crippen molar-refractivity contribution in [3.63, 3.8) is 0 Å². The second-order valence-corrected chi connectivity index (χ2v) is 6.53. The zero-order valence-electron chi connectivity index (χ0n) is 16.2. The van der Waals surface area contributed by atoms with Crippen LogP contribution in [-0.2, 0) is 17.8 Å². The SMILES string of the molecule is CCNC(=NCCCN1CCCCCC1=O)NCCn1cnnc1CC. The van der Waals surface area contributed by atoms with Crippen molar-refractivity contribution < 1.29 is 4.79 Å². The second-order valence-electron chi connectivity index (χ2n) is 6.53. The molecule has 1 amide bonds. The van der Waals surface area contributed by atoms with E-state index >= 15 is 0 Å². The number of aryl methyl sites for hydroxylation is 1. The number of carbonyl (C=O) groups excluding carboxylic acids is 1. The summed E-state index contributed by atoms with van der Waals surface area (Å²) in [4.78, 5) is 18.6. The van der Waals surface area contributed by atoms with Gasteiger partial charge < -0.3 is 20.1 Å². The summed E-state index contributed by atoms with van der Waals surface area (Å²) in [6.07, 6.45) is 7.58. The molecule has 0 saturated carbocycles. The minimum Gasteiger partial charge on any atom is -0.357 e. The lowest BCUT2D eigenvalue weighted by Crippen LogP contribution is -2.39. The number of nitrogens with one attached hydrogen (secondary N) is 2. The fourth-order valence-corrected chi connectivity index (χ4v) is 3.10. The number of hydrogen-bond acceptors (Lipinski definition) is 4. The molecule has 146 valence electrons. The fourth-order valence-electron chi connectivity index (χ4n) is 3.10. The van der Waals surface area contributed by atoms with Gasteiger partial charge in [0.15, 0.2) is 5.96 Å². The molecule has 0 atom stereocenters. The molecule has 1 saturated heterocycles. The minimum absolute atomic E-state index is 0.303. The van der Waals surface area contributed by atoms with Crippen LogP contribution in [0.3, 0.4) is 0 Å². The maximum absolute atomic E-state index is 12.0. The maximum Gasteiger partial charge on any atom is 0.222 e. The third-order valence-corrected chi connectivity index (χ3v) is 4.53. The van der Waals surface area contributed by atoms with Crippen LogP contribution in [0.5, 0.6) is 0 Å². The summed E-state index contributed by atoms with van der Waals surface area (Å²) < 4.78 is 2.06. The van der Waals surface area contributed by atoms with Gasteiger partial charge in [-0.3, -0.25) is 9.79 Å². The highest BCUT2D eigenvalue weighted by Gasteiger charge is 2.15. The van der Waals surface area contributed by atoms with Gasteiger partial charge in [0.25, 0.3) is 0 Å². The molecule has 2 N–H and O–H groups in total. The normalized spacial score (nSPS) is 15.8. The molecule has 0 aromatic carbocycles. The van der Waals surface area contributed by atoms with E-state index in [-0.39, 0.29) is 0 Å². The Balaban J connectivity index is 1.72. The molecule has 0 unspecified atom stereocenters. The molecule has 8 nitrogen and oxygen atoms in total. The quantitative estimate of drug-likeness (QED) is 0.391. The number of aromatic nitrogens is 3. The maximum atomic E-state index is 12.0. The summed E-state index contributed by atoms with van der Waals surface area (Å²) in [6, 6.07) is 0. The van der Waals surface area contributed by atoms with Crippen molar-refractivity contribution in [2.75, 3.05) is 32.7 Å². The number of rotatable bonds is 9.